The summed E-state index contributed by atoms with van der Waals surface area (Å²) in [6.45, 7) is 13.6. The molecule has 0 amide bonds. The van der Waals surface area contributed by atoms with Crippen molar-refractivity contribution in [3.8, 4) is 0 Å². The van der Waals surface area contributed by atoms with Crippen molar-refractivity contribution in [2.45, 2.75) is 77.2 Å². The van der Waals surface area contributed by atoms with Gasteiger partial charge in [0.05, 0.1) is 17.7 Å². The number of hydrogen-bond acceptors (Lipinski definition) is 3. The zero-order chi connectivity index (χ0) is 20.4. The summed E-state index contributed by atoms with van der Waals surface area (Å²) in [6, 6.07) is 21.1. The van der Waals surface area contributed by atoms with Gasteiger partial charge < -0.3 is 4.74 Å². The summed E-state index contributed by atoms with van der Waals surface area (Å²) in [4.78, 5) is 6.79. The fourth-order valence-electron chi connectivity index (χ4n) is 4.05. The van der Waals surface area contributed by atoms with E-state index in [-0.39, 0.29) is 22.8 Å². The van der Waals surface area contributed by atoms with E-state index in [4.69, 9.17) is 9.57 Å². The van der Waals surface area contributed by atoms with E-state index in [1.54, 1.807) is 0 Å². The molecule has 2 aromatic rings. The monoisotopic (exact) mass is 381 g/mol. The predicted octanol–water partition coefficient (Wildman–Crippen LogP) is 6.26. The summed E-state index contributed by atoms with van der Waals surface area (Å²) in [6.07, 6.45) is 1.99. The lowest BCUT2D eigenvalue weighted by atomic mass is 9.90. The van der Waals surface area contributed by atoms with Crippen molar-refractivity contribution in [1.29, 1.82) is 0 Å². The zero-order valence-electron chi connectivity index (χ0n) is 18.2. The van der Waals surface area contributed by atoms with Crippen LogP contribution < -0.4 is 0 Å². The van der Waals surface area contributed by atoms with Crippen LogP contribution >= 0.6 is 0 Å². The van der Waals surface area contributed by atoms with Gasteiger partial charge in [-0.25, -0.2) is 0 Å². The van der Waals surface area contributed by atoms with Gasteiger partial charge in [-0.3, -0.25) is 4.84 Å². The van der Waals surface area contributed by atoms with Crippen molar-refractivity contribution in [1.82, 2.24) is 5.06 Å². The molecule has 28 heavy (non-hydrogen) atoms. The van der Waals surface area contributed by atoms with Crippen LogP contribution in [0, 0.1) is 0 Å². The molecule has 0 spiro atoms. The first-order valence-corrected chi connectivity index (χ1v) is 10.3. The van der Waals surface area contributed by atoms with E-state index in [1.807, 2.05) is 6.07 Å². The summed E-state index contributed by atoms with van der Waals surface area (Å²) >= 11 is 0. The van der Waals surface area contributed by atoms with Crippen LogP contribution in [0.3, 0.4) is 0 Å². The highest BCUT2D eigenvalue weighted by Crippen LogP contribution is 2.48. The molecule has 1 aliphatic rings. The van der Waals surface area contributed by atoms with Crippen LogP contribution in [0.5, 0.6) is 0 Å². The Morgan fingerprint density at radius 3 is 2.04 bits per heavy atom. The second-order valence-electron chi connectivity index (χ2n) is 9.67. The molecule has 1 heterocycles. The predicted molar refractivity (Wildman–Crippen MR) is 115 cm³/mol. The minimum absolute atomic E-state index is 0.0562. The normalized spacial score (nSPS) is 23.6. The van der Waals surface area contributed by atoms with E-state index < -0.39 is 0 Å². The Kier molecular flexibility index (Phi) is 6.00. The van der Waals surface area contributed by atoms with Gasteiger partial charge in [0.25, 0.3) is 0 Å². The quantitative estimate of drug-likeness (QED) is 0.589. The van der Waals surface area contributed by atoms with Gasteiger partial charge in [-0.15, -0.1) is 0 Å². The number of hydroxylamine groups is 2. The maximum Gasteiger partial charge on any atom is 0.128 e. The number of hydrogen-bond donors (Lipinski definition) is 0. The van der Waals surface area contributed by atoms with Crippen LogP contribution in [0.1, 0.15) is 71.6 Å². The van der Waals surface area contributed by atoms with E-state index in [0.717, 1.165) is 18.4 Å². The Labute approximate surface area is 170 Å². The smallest absolute Gasteiger partial charge is 0.128 e. The third-order valence-corrected chi connectivity index (χ3v) is 5.69. The highest BCUT2D eigenvalue weighted by atomic mass is 16.7. The number of ether oxygens (including phenoxy) is 1. The molecule has 1 aliphatic heterocycles. The van der Waals surface area contributed by atoms with Crippen LogP contribution in [-0.2, 0) is 15.1 Å². The Bertz CT molecular complexity index is 751. The minimum Gasteiger partial charge on any atom is -0.373 e. The summed E-state index contributed by atoms with van der Waals surface area (Å²) in [5.41, 5.74) is 2.01. The van der Waals surface area contributed by atoms with Crippen molar-refractivity contribution in [2.24, 2.45) is 0 Å². The molecule has 0 N–H and O–H groups in total. The fourth-order valence-corrected chi connectivity index (χ4v) is 4.05. The lowest BCUT2D eigenvalue weighted by Gasteiger charge is -2.43. The molecule has 3 nitrogen and oxygen atoms in total. The molecule has 0 aliphatic carbocycles. The summed E-state index contributed by atoms with van der Waals surface area (Å²) in [5.74, 6) is 0. The van der Waals surface area contributed by atoms with Crippen molar-refractivity contribution in [3.05, 3.63) is 71.8 Å². The summed E-state index contributed by atoms with van der Waals surface area (Å²) < 4.78 is 6.15. The number of nitrogens with zero attached hydrogens (tertiary/aromatic N) is 1. The van der Waals surface area contributed by atoms with Gasteiger partial charge in [0.2, 0.25) is 0 Å². The minimum atomic E-state index is -0.209. The Morgan fingerprint density at radius 1 is 0.893 bits per heavy atom. The molecule has 3 rings (SSSR count). The van der Waals surface area contributed by atoms with Gasteiger partial charge in [-0.1, -0.05) is 60.7 Å². The van der Waals surface area contributed by atoms with Crippen molar-refractivity contribution in [2.75, 3.05) is 6.61 Å². The van der Waals surface area contributed by atoms with Gasteiger partial charge in [-0.2, -0.15) is 5.06 Å². The van der Waals surface area contributed by atoms with Crippen LogP contribution in [-0.4, -0.2) is 22.8 Å². The molecule has 1 saturated heterocycles. The second-order valence-corrected chi connectivity index (χ2v) is 9.67. The highest BCUT2D eigenvalue weighted by Gasteiger charge is 2.50. The largest absolute Gasteiger partial charge is 0.373 e. The number of rotatable bonds is 6. The van der Waals surface area contributed by atoms with Crippen molar-refractivity contribution >= 4 is 0 Å². The van der Waals surface area contributed by atoms with Crippen molar-refractivity contribution in [3.63, 3.8) is 0 Å². The number of benzene rings is 2. The Morgan fingerprint density at radius 2 is 1.46 bits per heavy atom. The van der Waals surface area contributed by atoms with Crippen LogP contribution in [0.15, 0.2) is 60.7 Å². The average molecular weight is 382 g/mol. The molecule has 1 fully saturated rings. The molecule has 2 aromatic carbocycles. The molecule has 2 unspecified atom stereocenters. The summed E-state index contributed by atoms with van der Waals surface area (Å²) in [7, 11) is 0. The zero-order valence-corrected chi connectivity index (χ0v) is 18.2. The molecule has 152 valence electrons. The molecule has 0 bridgehead atoms. The van der Waals surface area contributed by atoms with Crippen LogP contribution in [0.2, 0.25) is 0 Å². The van der Waals surface area contributed by atoms with Gasteiger partial charge in [-0.05, 0) is 65.5 Å². The lowest BCUT2D eigenvalue weighted by Crippen LogP contribution is -2.49. The highest BCUT2D eigenvalue weighted by molar-refractivity contribution is 5.26. The first-order valence-electron chi connectivity index (χ1n) is 10.3. The van der Waals surface area contributed by atoms with E-state index in [0.29, 0.717) is 6.61 Å². The topological polar surface area (TPSA) is 21.7 Å². The van der Waals surface area contributed by atoms with E-state index in [2.05, 4.69) is 101 Å². The Hall–Kier alpha value is -1.68. The molecule has 2 atom stereocenters. The van der Waals surface area contributed by atoms with Gasteiger partial charge in [0, 0.05) is 5.54 Å². The van der Waals surface area contributed by atoms with Gasteiger partial charge >= 0.3 is 0 Å². The molecule has 0 saturated carbocycles. The molecule has 0 aromatic heterocycles. The maximum atomic E-state index is 6.79. The molecular formula is C25H35NO2. The first kappa shape index (κ1) is 21.0. The first-order chi connectivity index (χ1) is 13.1. The maximum absolute atomic E-state index is 6.79. The third-order valence-electron chi connectivity index (χ3n) is 5.69. The van der Waals surface area contributed by atoms with Crippen molar-refractivity contribution < 1.29 is 9.57 Å². The van der Waals surface area contributed by atoms with Gasteiger partial charge in [0.15, 0.2) is 0 Å². The molecular weight excluding hydrogens is 346 g/mol. The van der Waals surface area contributed by atoms with Crippen LogP contribution in [0.25, 0.3) is 0 Å². The molecule has 0 radical (unpaired) electrons. The third kappa shape index (κ3) is 4.65. The van der Waals surface area contributed by atoms with E-state index in [1.165, 1.54) is 5.56 Å². The van der Waals surface area contributed by atoms with E-state index >= 15 is 0 Å². The van der Waals surface area contributed by atoms with E-state index in [9.17, 15) is 0 Å². The average Bonchev–Trinajstić information content (AvgIpc) is 2.90. The molecule has 3 heteroatoms. The standard InChI is InChI=1S/C25H35NO2/c1-23(2,3)27-19-22(20-13-9-7-10-14-20)28-26-24(4,5)17-18-25(26,6)21-15-11-8-12-16-21/h7-16,22H,17-19H2,1-6H3. The second kappa shape index (κ2) is 7.98. The fraction of sp³-hybridized carbons (Fsp3) is 0.520. The lowest BCUT2D eigenvalue weighted by molar-refractivity contribution is -0.289. The van der Waals surface area contributed by atoms with Crippen LogP contribution in [0.4, 0.5) is 0 Å². The van der Waals surface area contributed by atoms with Gasteiger partial charge in [0.1, 0.15) is 6.10 Å². The SMILES string of the molecule is CC(C)(C)OCC(ON1C(C)(C)CCC1(C)c1ccccc1)c1ccccc1. The Balaban J connectivity index is 1.92. The summed E-state index contributed by atoms with van der Waals surface area (Å²) in [5, 5.41) is 2.24.